The van der Waals surface area contributed by atoms with Gasteiger partial charge in [-0.3, -0.25) is 4.79 Å². The lowest BCUT2D eigenvalue weighted by molar-refractivity contribution is -0.121. The van der Waals surface area contributed by atoms with E-state index in [0.29, 0.717) is 24.3 Å². The summed E-state index contributed by atoms with van der Waals surface area (Å²) < 4.78 is 13.6. The number of halogens is 1. The molecule has 3 heteroatoms. The summed E-state index contributed by atoms with van der Waals surface area (Å²) in [5, 5.41) is 3.09. The Hall–Kier alpha value is -2.16. The van der Waals surface area contributed by atoms with Gasteiger partial charge >= 0.3 is 0 Å². The van der Waals surface area contributed by atoms with Gasteiger partial charge in [0.05, 0.1) is 6.04 Å². The van der Waals surface area contributed by atoms with Gasteiger partial charge in [-0.1, -0.05) is 62.4 Å². The molecule has 0 aliphatic rings. The molecule has 0 unspecified atom stereocenters. The number of carbonyl (C=O) groups is 1. The van der Waals surface area contributed by atoms with E-state index < -0.39 is 0 Å². The van der Waals surface area contributed by atoms with Crippen LogP contribution in [0.3, 0.4) is 0 Å². The van der Waals surface area contributed by atoms with Crippen LogP contribution in [0.4, 0.5) is 4.39 Å². The number of nitrogens with one attached hydrogen (secondary N) is 1. The molecular weight excluding hydrogens is 289 g/mol. The van der Waals surface area contributed by atoms with Crippen molar-refractivity contribution in [2.45, 2.75) is 39.2 Å². The second-order valence-corrected chi connectivity index (χ2v) is 6.25. The van der Waals surface area contributed by atoms with Crippen LogP contribution in [0.2, 0.25) is 0 Å². The Morgan fingerprint density at radius 2 is 1.70 bits per heavy atom. The summed E-state index contributed by atoms with van der Waals surface area (Å²) >= 11 is 0. The summed E-state index contributed by atoms with van der Waals surface area (Å²) in [6.45, 7) is 4.28. The summed E-state index contributed by atoms with van der Waals surface area (Å²) in [6.07, 6.45) is 1.60. The van der Waals surface area contributed by atoms with Gasteiger partial charge in [0.25, 0.3) is 0 Å². The van der Waals surface area contributed by atoms with E-state index in [9.17, 15) is 9.18 Å². The van der Waals surface area contributed by atoms with Crippen molar-refractivity contribution in [2.24, 2.45) is 5.92 Å². The summed E-state index contributed by atoms with van der Waals surface area (Å²) in [4.78, 5) is 12.3. The molecule has 122 valence electrons. The molecule has 0 spiro atoms. The number of rotatable bonds is 7. The van der Waals surface area contributed by atoms with E-state index in [-0.39, 0.29) is 17.8 Å². The zero-order valence-corrected chi connectivity index (χ0v) is 13.8. The van der Waals surface area contributed by atoms with Crippen LogP contribution in [0.1, 0.15) is 43.9 Å². The molecule has 0 saturated heterocycles. The molecule has 0 bridgehead atoms. The highest BCUT2D eigenvalue weighted by Crippen LogP contribution is 2.21. The third-order valence-corrected chi connectivity index (χ3v) is 3.82. The Labute approximate surface area is 137 Å². The van der Waals surface area contributed by atoms with Crippen molar-refractivity contribution in [3.63, 3.8) is 0 Å². The monoisotopic (exact) mass is 313 g/mol. The van der Waals surface area contributed by atoms with Gasteiger partial charge in [-0.25, -0.2) is 4.39 Å². The van der Waals surface area contributed by atoms with E-state index >= 15 is 0 Å². The lowest BCUT2D eigenvalue weighted by Crippen LogP contribution is -2.29. The smallest absolute Gasteiger partial charge is 0.220 e. The predicted octanol–water partition coefficient (Wildman–Crippen LogP) is 4.66. The minimum absolute atomic E-state index is 0.00400. The molecular formula is C20H24FNO. The first-order valence-electron chi connectivity index (χ1n) is 8.14. The Kier molecular flexibility index (Phi) is 6.33. The molecule has 0 fully saturated rings. The summed E-state index contributed by atoms with van der Waals surface area (Å²) in [7, 11) is 0. The van der Waals surface area contributed by atoms with E-state index in [2.05, 4.69) is 19.2 Å². The Morgan fingerprint density at radius 1 is 1.04 bits per heavy atom. The maximum atomic E-state index is 13.6. The number of hydrogen-bond donors (Lipinski definition) is 1. The highest BCUT2D eigenvalue weighted by molar-refractivity contribution is 5.76. The van der Waals surface area contributed by atoms with Crippen molar-refractivity contribution >= 4 is 5.91 Å². The zero-order valence-electron chi connectivity index (χ0n) is 13.8. The van der Waals surface area contributed by atoms with Crippen molar-refractivity contribution in [1.82, 2.24) is 5.32 Å². The standard InChI is InChI=1S/C20H24FNO/c1-15(2)14-19(17-9-4-3-5-10-17)22-20(23)13-12-16-8-6-7-11-18(16)21/h3-11,15,19H,12-14H2,1-2H3,(H,22,23)/t19-/m0/s1. The average Bonchev–Trinajstić information content (AvgIpc) is 2.54. The number of aryl methyl sites for hydroxylation is 1. The van der Waals surface area contributed by atoms with Gasteiger partial charge in [0.15, 0.2) is 0 Å². The molecule has 23 heavy (non-hydrogen) atoms. The molecule has 2 nitrogen and oxygen atoms in total. The molecule has 0 heterocycles. The third kappa shape index (κ3) is 5.51. The first-order chi connectivity index (χ1) is 11.1. The van der Waals surface area contributed by atoms with Gasteiger partial charge in [0.2, 0.25) is 5.91 Å². The first-order valence-corrected chi connectivity index (χ1v) is 8.14. The number of benzene rings is 2. The molecule has 2 rings (SSSR count). The lowest BCUT2D eigenvalue weighted by atomic mass is 9.96. The molecule has 0 saturated carbocycles. The maximum Gasteiger partial charge on any atom is 0.220 e. The van der Waals surface area contributed by atoms with E-state index in [0.717, 1.165) is 12.0 Å². The first kappa shape index (κ1) is 17.2. The van der Waals surface area contributed by atoms with Crippen LogP contribution in [0.5, 0.6) is 0 Å². The SMILES string of the molecule is CC(C)C[C@H](NC(=O)CCc1ccccc1F)c1ccccc1. The van der Waals surface area contributed by atoms with Crippen LogP contribution in [0.25, 0.3) is 0 Å². The van der Waals surface area contributed by atoms with Gasteiger partial charge in [-0.2, -0.15) is 0 Å². The summed E-state index contributed by atoms with van der Waals surface area (Å²) in [5.41, 5.74) is 1.70. The highest BCUT2D eigenvalue weighted by Gasteiger charge is 2.16. The van der Waals surface area contributed by atoms with Crippen molar-refractivity contribution in [3.8, 4) is 0 Å². The Bertz CT molecular complexity index is 625. The van der Waals surface area contributed by atoms with Crippen LogP contribution in [0, 0.1) is 11.7 Å². The molecule has 1 N–H and O–H groups in total. The van der Waals surface area contributed by atoms with Gasteiger partial charge in [-0.05, 0) is 36.0 Å². The predicted molar refractivity (Wildman–Crippen MR) is 91.5 cm³/mol. The average molecular weight is 313 g/mol. The fourth-order valence-electron chi connectivity index (χ4n) is 2.65. The lowest BCUT2D eigenvalue weighted by Gasteiger charge is -2.21. The van der Waals surface area contributed by atoms with Crippen LogP contribution in [-0.4, -0.2) is 5.91 Å². The van der Waals surface area contributed by atoms with Crippen LogP contribution >= 0.6 is 0 Å². The Balaban J connectivity index is 1.96. The van der Waals surface area contributed by atoms with Crippen molar-refractivity contribution in [2.75, 3.05) is 0 Å². The van der Waals surface area contributed by atoms with Crippen molar-refractivity contribution in [1.29, 1.82) is 0 Å². The van der Waals surface area contributed by atoms with Crippen LogP contribution in [0.15, 0.2) is 54.6 Å². The van der Waals surface area contributed by atoms with Gasteiger partial charge < -0.3 is 5.32 Å². The fourth-order valence-corrected chi connectivity index (χ4v) is 2.65. The van der Waals surface area contributed by atoms with E-state index in [1.165, 1.54) is 6.07 Å². The fraction of sp³-hybridized carbons (Fsp3) is 0.350. The van der Waals surface area contributed by atoms with E-state index in [4.69, 9.17) is 0 Å². The van der Waals surface area contributed by atoms with Gasteiger partial charge in [0, 0.05) is 6.42 Å². The molecule has 0 aliphatic heterocycles. The van der Waals surface area contributed by atoms with Crippen LogP contribution in [-0.2, 0) is 11.2 Å². The minimum Gasteiger partial charge on any atom is -0.349 e. The molecule has 2 aromatic rings. The molecule has 1 atom stereocenters. The number of hydrogen-bond acceptors (Lipinski definition) is 1. The second-order valence-electron chi connectivity index (χ2n) is 6.25. The van der Waals surface area contributed by atoms with Gasteiger partial charge in [-0.15, -0.1) is 0 Å². The second kappa shape index (κ2) is 8.47. The van der Waals surface area contributed by atoms with Crippen LogP contribution < -0.4 is 5.32 Å². The molecule has 2 aromatic carbocycles. The maximum absolute atomic E-state index is 13.6. The quantitative estimate of drug-likeness (QED) is 0.791. The van der Waals surface area contributed by atoms with Gasteiger partial charge in [0.1, 0.15) is 5.82 Å². The molecule has 0 aromatic heterocycles. The molecule has 0 aliphatic carbocycles. The van der Waals surface area contributed by atoms with E-state index in [1.54, 1.807) is 18.2 Å². The molecule has 1 amide bonds. The normalized spacial score (nSPS) is 12.2. The molecule has 0 radical (unpaired) electrons. The van der Waals surface area contributed by atoms with Crippen molar-refractivity contribution in [3.05, 3.63) is 71.5 Å². The zero-order chi connectivity index (χ0) is 16.7. The highest BCUT2D eigenvalue weighted by atomic mass is 19.1. The topological polar surface area (TPSA) is 29.1 Å². The number of carbonyl (C=O) groups excluding carboxylic acids is 1. The minimum atomic E-state index is -0.248. The number of amides is 1. The summed E-state index contributed by atoms with van der Waals surface area (Å²) in [5.74, 6) is 0.192. The van der Waals surface area contributed by atoms with E-state index in [1.807, 2.05) is 30.3 Å². The summed E-state index contributed by atoms with van der Waals surface area (Å²) in [6, 6.07) is 16.6. The largest absolute Gasteiger partial charge is 0.349 e. The Morgan fingerprint density at radius 3 is 2.35 bits per heavy atom. The van der Waals surface area contributed by atoms with Crippen molar-refractivity contribution < 1.29 is 9.18 Å². The third-order valence-electron chi connectivity index (χ3n) is 3.82.